The van der Waals surface area contributed by atoms with Crippen molar-refractivity contribution >= 4 is 5.78 Å². The minimum atomic E-state index is 0.273. The van der Waals surface area contributed by atoms with Gasteiger partial charge in [-0.2, -0.15) is 0 Å². The molecule has 3 nitrogen and oxygen atoms in total. The number of hydrogen-bond donors (Lipinski definition) is 1. The molecule has 0 heterocycles. The molecule has 0 aliphatic carbocycles. The molecule has 0 saturated heterocycles. The van der Waals surface area contributed by atoms with Crippen molar-refractivity contribution in [2.75, 3.05) is 26.8 Å². The van der Waals surface area contributed by atoms with Crippen LogP contribution in [0, 0.1) is 0 Å². The molecule has 0 aromatic heterocycles. The zero-order valence-electron chi connectivity index (χ0n) is 8.77. The third-order valence-electron chi connectivity index (χ3n) is 1.78. The van der Waals surface area contributed by atoms with Crippen molar-refractivity contribution in [3.63, 3.8) is 0 Å². The number of unbranched alkanes of at least 4 members (excludes halogenated alkanes) is 1. The van der Waals surface area contributed by atoms with Crippen LogP contribution in [0.1, 0.15) is 32.6 Å². The van der Waals surface area contributed by atoms with Gasteiger partial charge in [-0.25, -0.2) is 0 Å². The second-order valence-electron chi connectivity index (χ2n) is 3.23. The first kappa shape index (κ1) is 12.6. The molecule has 0 radical (unpaired) electrons. The van der Waals surface area contributed by atoms with Crippen LogP contribution >= 0.6 is 0 Å². The second-order valence-corrected chi connectivity index (χ2v) is 3.23. The van der Waals surface area contributed by atoms with Gasteiger partial charge < -0.3 is 14.8 Å². The van der Waals surface area contributed by atoms with E-state index in [-0.39, 0.29) is 5.78 Å². The number of Topliss-reactive ketones (excluding diaryl/α,β-unsaturated/α-hetero) is 1. The maximum absolute atomic E-state index is 10.6. The summed E-state index contributed by atoms with van der Waals surface area (Å²) < 4.78 is 5.37. The summed E-state index contributed by atoms with van der Waals surface area (Å²) in [5.41, 5.74) is 0. The lowest BCUT2D eigenvalue weighted by Crippen LogP contribution is -2.10. The first-order valence-electron chi connectivity index (χ1n) is 4.99. The molecule has 0 bridgehead atoms. The third kappa shape index (κ3) is 11.6. The quantitative estimate of drug-likeness (QED) is 0.554. The molecule has 0 aliphatic rings. The Balaban J connectivity index is 2.87. The van der Waals surface area contributed by atoms with Gasteiger partial charge in [0.1, 0.15) is 5.78 Å². The molecule has 0 aromatic carbocycles. The van der Waals surface area contributed by atoms with Gasteiger partial charge >= 0.3 is 0 Å². The third-order valence-corrected chi connectivity index (χ3v) is 1.78. The van der Waals surface area contributed by atoms with Gasteiger partial charge in [0, 0.05) is 19.6 Å². The minimum Gasteiger partial charge on any atom is -0.381 e. The molecule has 0 amide bonds. The van der Waals surface area contributed by atoms with E-state index in [1.165, 1.54) is 0 Å². The van der Waals surface area contributed by atoms with Crippen molar-refractivity contribution in [1.82, 2.24) is 5.32 Å². The number of ketones is 1. The average molecular weight is 187 g/mol. The zero-order chi connectivity index (χ0) is 9.94. The molecule has 0 unspecified atom stereocenters. The Morgan fingerprint density at radius 3 is 2.54 bits per heavy atom. The molecule has 1 N–H and O–H groups in total. The molecule has 0 aliphatic heterocycles. The van der Waals surface area contributed by atoms with Crippen molar-refractivity contribution in [2.24, 2.45) is 0 Å². The van der Waals surface area contributed by atoms with E-state index in [1.807, 2.05) is 7.05 Å². The van der Waals surface area contributed by atoms with Gasteiger partial charge in [-0.15, -0.1) is 0 Å². The molecular formula is C10H21NO2. The molecule has 0 atom stereocenters. The summed E-state index contributed by atoms with van der Waals surface area (Å²) in [7, 11) is 1.94. The van der Waals surface area contributed by atoms with E-state index in [4.69, 9.17) is 4.74 Å². The molecule has 0 spiro atoms. The summed E-state index contributed by atoms with van der Waals surface area (Å²) >= 11 is 0. The highest BCUT2D eigenvalue weighted by molar-refractivity contribution is 5.75. The number of rotatable bonds is 9. The summed E-state index contributed by atoms with van der Waals surface area (Å²) in [5, 5.41) is 3.06. The molecular weight excluding hydrogens is 166 g/mol. The minimum absolute atomic E-state index is 0.273. The summed E-state index contributed by atoms with van der Waals surface area (Å²) in [6.07, 6.45) is 3.71. The fraction of sp³-hybridized carbons (Fsp3) is 0.900. The Bertz CT molecular complexity index is 126. The molecule has 0 fully saturated rings. The average Bonchev–Trinajstić information content (AvgIpc) is 2.09. The van der Waals surface area contributed by atoms with E-state index in [0.29, 0.717) is 6.42 Å². The van der Waals surface area contributed by atoms with Crippen molar-refractivity contribution in [1.29, 1.82) is 0 Å². The van der Waals surface area contributed by atoms with Crippen LogP contribution in [0.25, 0.3) is 0 Å². The summed E-state index contributed by atoms with van der Waals surface area (Å²) in [5.74, 6) is 0.273. The SMILES string of the molecule is CNCCCOCCCCC(C)=O. The fourth-order valence-corrected chi connectivity index (χ4v) is 1.03. The maximum atomic E-state index is 10.6. The maximum Gasteiger partial charge on any atom is 0.129 e. The Morgan fingerprint density at radius 2 is 1.92 bits per heavy atom. The Hall–Kier alpha value is -0.410. The Labute approximate surface area is 80.8 Å². The van der Waals surface area contributed by atoms with Gasteiger partial charge in [0.15, 0.2) is 0 Å². The van der Waals surface area contributed by atoms with Crippen LogP contribution in [-0.2, 0) is 9.53 Å². The van der Waals surface area contributed by atoms with Gasteiger partial charge in [0.05, 0.1) is 0 Å². The number of carbonyl (C=O) groups excluding carboxylic acids is 1. The first-order valence-corrected chi connectivity index (χ1v) is 4.99. The smallest absolute Gasteiger partial charge is 0.129 e. The fourth-order valence-electron chi connectivity index (χ4n) is 1.03. The van der Waals surface area contributed by atoms with Crippen LogP contribution < -0.4 is 5.32 Å². The van der Waals surface area contributed by atoms with Crippen molar-refractivity contribution in [3.05, 3.63) is 0 Å². The van der Waals surface area contributed by atoms with E-state index in [2.05, 4.69) is 5.32 Å². The van der Waals surface area contributed by atoms with Crippen molar-refractivity contribution in [2.45, 2.75) is 32.6 Å². The highest BCUT2D eigenvalue weighted by Crippen LogP contribution is 1.96. The van der Waals surface area contributed by atoms with Crippen LogP contribution in [0.2, 0.25) is 0 Å². The van der Waals surface area contributed by atoms with Gasteiger partial charge in [-0.1, -0.05) is 0 Å². The number of ether oxygens (including phenoxy) is 1. The van der Waals surface area contributed by atoms with Crippen LogP contribution in [0.15, 0.2) is 0 Å². The monoisotopic (exact) mass is 187 g/mol. The zero-order valence-corrected chi connectivity index (χ0v) is 8.77. The predicted octanol–water partition coefficient (Wildman–Crippen LogP) is 1.37. The summed E-state index contributed by atoms with van der Waals surface area (Å²) in [4.78, 5) is 10.6. The van der Waals surface area contributed by atoms with Gasteiger partial charge in [0.2, 0.25) is 0 Å². The molecule has 78 valence electrons. The van der Waals surface area contributed by atoms with Gasteiger partial charge in [0.25, 0.3) is 0 Å². The van der Waals surface area contributed by atoms with Gasteiger partial charge in [-0.05, 0) is 39.8 Å². The van der Waals surface area contributed by atoms with Crippen LogP contribution in [0.3, 0.4) is 0 Å². The van der Waals surface area contributed by atoms with Crippen LogP contribution in [0.4, 0.5) is 0 Å². The topological polar surface area (TPSA) is 38.3 Å². The first-order chi connectivity index (χ1) is 6.27. The van der Waals surface area contributed by atoms with E-state index in [9.17, 15) is 4.79 Å². The molecule has 3 heteroatoms. The Kier molecular flexibility index (Phi) is 9.37. The summed E-state index contributed by atoms with van der Waals surface area (Å²) in [6, 6.07) is 0. The van der Waals surface area contributed by atoms with E-state index >= 15 is 0 Å². The Morgan fingerprint density at radius 1 is 1.23 bits per heavy atom. The highest BCUT2D eigenvalue weighted by atomic mass is 16.5. The summed E-state index contributed by atoms with van der Waals surface area (Å²) in [6.45, 7) is 4.25. The van der Waals surface area contributed by atoms with Crippen LogP contribution in [0.5, 0.6) is 0 Å². The molecule has 0 rings (SSSR count). The molecule has 0 aromatic rings. The standard InChI is InChI=1S/C10H21NO2/c1-10(12)6-3-4-8-13-9-5-7-11-2/h11H,3-9H2,1-2H3. The largest absolute Gasteiger partial charge is 0.381 e. The highest BCUT2D eigenvalue weighted by Gasteiger charge is 1.93. The second kappa shape index (κ2) is 9.68. The lowest BCUT2D eigenvalue weighted by atomic mass is 10.2. The normalized spacial score (nSPS) is 10.3. The number of hydrogen-bond acceptors (Lipinski definition) is 3. The lowest BCUT2D eigenvalue weighted by molar-refractivity contribution is -0.117. The molecule has 0 saturated carbocycles. The van der Waals surface area contributed by atoms with Crippen molar-refractivity contribution in [3.8, 4) is 0 Å². The van der Waals surface area contributed by atoms with Crippen molar-refractivity contribution < 1.29 is 9.53 Å². The number of carbonyl (C=O) groups is 1. The van der Waals surface area contributed by atoms with Crippen LogP contribution in [-0.4, -0.2) is 32.6 Å². The number of nitrogens with one attached hydrogen (secondary N) is 1. The predicted molar refractivity (Wildman–Crippen MR) is 53.9 cm³/mol. The van der Waals surface area contributed by atoms with Gasteiger partial charge in [-0.3, -0.25) is 0 Å². The van der Waals surface area contributed by atoms with E-state index in [0.717, 1.165) is 39.0 Å². The van der Waals surface area contributed by atoms with E-state index < -0.39 is 0 Å². The lowest BCUT2D eigenvalue weighted by Gasteiger charge is -2.02. The van der Waals surface area contributed by atoms with E-state index in [1.54, 1.807) is 6.92 Å². The molecule has 13 heavy (non-hydrogen) atoms.